The lowest BCUT2D eigenvalue weighted by molar-refractivity contribution is 0.0922. The Kier molecular flexibility index (Phi) is 7.13. The Balaban J connectivity index is 0.00000261. The molecule has 0 bridgehead atoms. The Morgan fingerprint density at radius 1 is 1.30 bits per heavy atom. The number of carbonyl (C=O) groups excluding carboxylic acids is 1. The predicted octanol–water partition coefficient (Wildman–Crippen LogP) is 1.68. The molecular formula is C18H28ClN3O4S. The molecule has 0 aromatic heterocycles. The fraction of sp³-hybridized carbons (Fsp3) is 0.611. The summed E-state index contributed by atoms with van der Waals surface area (Å²) in [5.41, 5.74) is 0.384. The number of hydrogen-bond acceptors (Lipinski definition) is 5. The molecule has 1 aromatic rings. The van der Waals surface area contributed by atoms with Crippen molar-refractivity contribution in [2.45, 2.75) is 43.5 Å². The normalized spacial score (nSPS) is 19.0. The summed E-state index contributed by atoms with van der Waals surface area (Å²) in [5, 5.41) is 6.27. The van der Waals surface area contributed by atoms with Gasteiger partial charge in [-0.05, 0) is 62.4 Å². The van der Waals surface area contributed by atoms with Gasteiger partial charge in [0.05, 0.1) is 7.11 Å². The monoisotopic (exact) mass is 417 g/mol. The minimum atomic E-state index is -3.71. The van der Waals surface area contributed by atoms with Gasteiger partial charge in [0.1, 0.15) is 10.6 Å². The third-order valence-corrected chi connectivity index (χ3v) is 6.64. The zero-order valence-corrected chi connectivity index (χ0v) is 17.3. The van der Waals surface area contributed by atoms with E-state index in [4.69, 9.17) is 4.74 Å². The SMILES string of the molecule is COc1ccc(C(=O)NCC2(C)CCNCC2)cc1S(=O)(=O)NC1CC1.Cl. The topological polar surface area (TPSA) is 96.5 Å². The van der Waals surface area contributed by atoms with Crippen LogP contribution in [0.1, 0.15) is 43.0 Å². The van der Waals surface area contributed by atoms with Crippen LogP contribution in [0, 0.1) is 5.41 Å². The average molecular weight is 418 g/mol. The molecule has 152 valence electrons. The number of rotatable bonds is 7. The van der Waals surface area contributed by atoms with E-state index in [9.17, 15) is 13.2 Å². The maximum absolute atomic E-state index is 12.6. The molecule has 2 aliphatic rings. The molecule has 1 saturated heterocycles. The fourth-order valence-corrected chi connectivity index (χ4v) is 4.61. The summed E-state index contributed by atoms with van der Waals surface area (Å²) in [6, 6.07) is 4.50. The number of sulfonamides is 1. The first-order valence-electron chi connectivity index (χ1n) is 9.02. The molecule has 1 heterocycles. The Hall–Kier alpha value is -1.35. The summed E-state index contributed by atoms with van der Waals surface area (Å²) < 4.78 is 32.9. The van der Waals surface area contributed by atoms with E-state index < -0.39 is 10.0 Å². The highest BCUT2D eigenvalue weighted by Gasteiger charge is 2.31. The van der Waals surface area contributed by atoms with E-state index >= 15 is 0 Å². The van der Waals surface area contributed by atoms with Gasteiger partial charge < -0.3 is 15.4 Å². The summed E-state index contributed by atoms with van der Waals surface area (Å²) >= 11 is 0. The highest BCUT2D eigenvalue weighted by atomic mass is 35.5. The Labute approximate surface area is 167 Å². The van der Waals surface area contributed by atoms with Gasteiger partial charge in [0.25, 0.3) is 5.91 Å². The summed E-state index contributed by atoms with van der Waals surface area (Å²) in [4.78, 5) is 12.6. The molecule has 3 N–H and O–H groups in total. The molecule has 1 aliphatic carbocycles. The number of amides is 1. The lowest BCUT2D eigenvalue weighted by Crippen LogP contribution is -2.42. The van der Waals surface area contributed by atoms with Crippen molar-refractivity contribution in [3.05, 3.63) is 23.8 Å². The molecule has 1 aromatic carbocycles. The number of piperidine rings is 1. The standard InChI is InChI=1S/C18H27N3O4S.ClH/c1-18(7-9-19-10-8-18)12-20-17(22)13-3-6-15(25-2)16(11-13)26(23,24)21-14-4-5-14;/h3,6,11,14,19,21H,4-5,7-10,12H2,1-2H3,(H,20,22);1H. The van der Waals surface area contributed by atoms with Crippen molar-refractivity contribution in [3.8, 4) is 5.75 Å². The molecule has 27 heavy (non-hydrogen) atoms. The van der Waals surface area contributed by atoms with E-state index in [1.54, 1.807) is 6.07 Å². The number of hydrogen-bond donors (Lipinski definition) is 3. The minimum absolute atomic E-state index is 0. The highest BCUT2D eigenvalue weighted by Crippen LogP contribution is 2.29. The van der Waals surface area contributed by atoms with Gasteiger partial charge in [0, 0.05) is 18.2 Å². The van der Waals surface area contributed by atoms with Crippen LogP contribution in [-0.2, 0) is 10.0 Å². The van der Waals surface area contributed by atoms with Gasteiger partial charge in [0.2, 0.25) is 10.0 Å². The number of carbonyl (C=O) groups is 1. The van der Waals surface area contributed by atoms with Crippen LogP contribution in [0.5, 0.6) is 5.75 Å². The van der Waals surface area contributed by atoms with Crippen LogP contribution in [0.15, 0.2) is 23.1 Å². The summed E-state index contributed by atoms with van der Waals surface area (Å²) in [6.07, 6.45) is 3.69. The number of methoxy groups -OCH3 is 1. The molecule has 1 amide bonds. The molecule has 0 atom stereocenters. The smallest absolute Gasteiger partial charge is 0.251 e. The third-order valence-electron chi connectivity index (χ3n) is 5.10. The zero-order chi connectivity index (χ0) is 18.8. The lowest BCUT2D eigenvalue weighted by atomic mass is 9.81. The molecule has 3 rings (SSSR count). The van der Waals surface area contributed by atoms with Gasteiger partial charge in [-0.15, -0.1) is 12.4 Å². The van der Waals surface area contributed by atoms with E-state index in [-0.39, 0.29) is 40.4 Å². The fourth-order valence-electron chi connectivity index (χ4n) is 3.11. The van der Waals surface area contributed by atoms with Crippen LogP contribution < -0.4 is 20.1 Å². The quantitative estimate of drug-likeness (QED) is 0.627. The lowest BCUT2D eigenvalue weighted by Gasteiger charge is -2.34. The first-order chi connectivity index (χ1) is 12.3. The number of benzene rings is 1. The molecule has 7 nitrogen and oxygen atoms in total. The second-order valence-corrected chi connectivity index (χ2v) is 9.19. The van der Waals surface area contributed by atoms with Crippen molar-refractivity contribution in [1.82, 2.24) is 15.4 Å². The summed E-state index contributed by atoms with van der Waals surface area (Å²) in [6.45, 7) is 4.63. The molecule has 1 aliphatic heterocycles. The van der Waals surface area contributed by atoms with Gasteiger partial charge in [0.15, 0.2) is 0 Å². The van der Waals surface area contributed by atoms with Crippen LogP contribution in [0.25, 0.3) is 0 Å². The van der Waals surface area contributed by atoms with Gasteiger partial charge in [-0.3, -0.25) is 4.79 Å². The van der Waals surface area contributed by atoms with Gasteiger partial charge >= 0.3 is 0 Å². The maximum Gasteiger partial charge on any atom is 0.251 e. The number of halogens is 1. The van der Waals surface area contributed by atoms with Crippen LogP contribution in [0.4, 0.5) is 0 Å². The Bertz CT molecular complexity index is 775. The van der Waals surface area contributed by atoms with Crippen molar-refractivity contribution in [2.75, 3.05) is 26.7 Å². The van der Waals surface area contributed by atoms with E-state index in [0.717, 1.165) is 38.8 Å². The number of ether oxygens (including phenoxy) is 1. The molecular weight excluding hydrogens is 390 g/mol. The molecule has 9 heteroatoms. The Morgan fingerprint density at radius 2 is 1.96 bits per heavy atom. The van der Waals surface area contributed by atoms with Crippen LogP contribution in [0.2, 0.25) is 0 Å². The largest absolute Gasteiger partial charge is 0.495 e. The third kappa shape index (κ3) is 5.57. The van der Waals surface area contributed by atoms with Gasteiger partial charge in [-0.25, -0.2) is 13.1 Å². The van der Waals surface area contributed by atoms with Crippen LogP contribution in [0.3, 0.4) is 0 Å². The van der Waals surface area contributed by atoms with Crippen molar-refractivity contribution in [3.63, 3.8) is 0 Å². The molecule has 0 radical (unpaired) electrons. The van der Waals surface area contributed by atoms with Crippen molar-refractivity contribution in [2.24, 2.45) is 5.41 Å². The van der Waals surface area contributed by atoms with Crippen LogP contribution >= 0.6 is 12.4 Å². The van der Waals surface area contributed by atoms with Crippen LogP contribution in [-0.4, -0.2) is 47.1 Å². The Morgan fingerprint density at radius 3 is 2.56 bits per heavy atom. The first kappa shape index (κ1) is 21.9. The van der Waals surface area contributed by atoms with Crippen molar-refractivity contribution >= 4 is 28.3 Å². The maximum atomic E-state index is 12.6. The van der Waals surface area contributed by atoms with E-state index in [0.29, 0.717) is 12.1 Å². The minimum Gasteiger partial charge on any atom is -0.495 e. The van der Waals surface area contributed by atoms with Gasteiger partial charge in [-0.2, -0.15) is 0 Å². The molecule has 1 saturated carbocycles. The predicted molar refractivity (Wildman–Crippen MR) is 106 cm³/mol. The second kappa shape index (κ2) is 8.77. The number of nitrogens with one attached hydrogen (secondary N) is 3. The highest BCUT2D eigenvalue weighted by molar-refractivity contribution is 7.89. The van der Waals surface area contributed by atoms with E-state index in [2.05, 4.69) is 22.3 Å². The molecule has 0 unspecified atom stereocenters. The van der Waals surface area contributed by atoms with E-state index in [1.807, 2.05) is 0 Å². The average Bonchev–Trinajstić information content (AvgIpc) is 3.43. The molecule has 0 spiro atoms. The van der Waals surface area contributed by atoms with E-state index in [1.165, 1.54) is 19.2 Å². The zero-order valence-electron chi connectivity index (χ0n) is 15.7. The van der Waals surface area contributed by atoms with Crippen molar-refractivity contribution in [1.29, 1.82) is 0 Å². The first-order valence-corrected chi connectivity index (χ1v) is 10.5. The summed E-state index contributed by atoms with van der Waals surface area (Å²) in [5.74, 6) is -0.0321. The van der Waals surface area contributed by atoms with Gasteiger partial charge in [-0.1, -0.05) is 6.92 Å². The summed E-state index contributed by atoms with van der Waals surface area (Å²) in [7, 11) is -2.29. The van der Waals surface area contributed by atoms with Crippen molar-refractivity contribution < 1.29 is 17.9 Å². The molecule has 2 fully saturated rings. The second-order valence-electron chi connectivity index (χ2n) is 7.50.